The van der Waals surface area contributed by atoms with Crippen molar-refractivity contribution < 1.29 is 17.6 Å². The molecule has 2 atom stereocenters. The highest BCUT2D eigenvalue weighted by Crippen LogP contribution is 2.28. The molecule has 0 bridgehead atoms. The van der Waals surface area contributed by atoms with Gasteiger partial charge in [0.2, 0.25) is 15.9 Å². The van der Waals surface area contributed by atoms with Crippen LogP contribution in [0.3, 0.4) is 0 Å². The smallest absolute Gasteiger partial charge is 0.243 e. The predicted molar refractivity (Wildman–Crippen MR) is 115 cm³/mol. The van der Waals surface area contributed by atoms with Crippen LogP contribution in [-0.4, -0.2) is 41.2 Å². The number of fused-ring (bicyclic) bond motifs is 1. The van der Waals surface area contributed by atoms with Crippen molar-refractivity contribution in [2.24, 2.45) is 5.92 Å². The third-order valence-electron chi connectivity index (χ3n) is 5.59. The fraction of sp³-hybridized carbons (Fsp3) is 0.364. The number of hydrogen-bond acceptors (Lipinski definition) is 4. The van der Waals surface area contributed by atoms with Gasteiger partial charge in [0.25, 0.3) is 0 Å². The Morgan fingerprint density at radius 3 is 2.58 bits per heavy atom. The van der Waals surface area contributed by atoms with Crippen LogP contribution in [0.4, 0.5) is 4.39 Å². The molecular weight excluding hydrogens is 419 g/mol. The summed E-state index contributed by atoms with van der Waals surface area (Å²) in [7, 11) is -3.91. The van der Waals surface area contributed by atoms with Gasteiger partial charge in [-0.3, -0.25) is 4.79 Å². The maximum absolute atomic E-state index is 13.2. The second-order valence-electron chi connectivity index (χ2n) is 8.10. The minimum absolute atomic E-state index is 0.0220. The third kappa shape index (κ3) is 4.20. The molecule has 0 radical (unpaired) electrons. The highest BCUT2D eigenvalue weighted by atomic mass is 32.2. The molecule has 1 aliphatic heterocycles. The molecule has 2 aromatic carbocycles. The number of sulfonamides is 1. The van der Waals surface area contributed by atoms with Crippen LogP contribution in [-0.2, 0) is 14.8 Å². The van der Waals surface area contributed by atoms with Crippen LogP contribution in [0.5, 0.6) is 0 Å². The molecule has 2 heterocycles. The average molecular weight is 445 g/mol. The fourth-order valence-corrected chi connectivity index (χ4v) is 5.61. The lowest BCUT2D eigenvalue weighted by molar-refractivity contribution is -0.125. The quantitative estimate of drug-likeness (QED) is 0.609. The lowest BCUT2D eigenvalue weighted by atomic mass is 10.0. The van der Waals surface area contributed by atoms with E-state index in [0.29, 0.717) is 18.7 Å². The van der Waals surface area contributed by atoms with Gasteiger partial charge in [0.05, 0.1) is 22.0 Å². The van der Waals surface area contributed by atoms with Gasteiger partial charge in [-0.15, -0.1) is 0 Å². The van der Waals surface area contributed by atoms with E-state index in [1.54, 1.807) is 0 Å². The number of aromatic amines is 1. The van der Waals surface area contributed by atoms with E-state index in [-0.39, 0.29) is 23.3 Å². The van der Waals surface area contributed by atoms with E-state index in [9.17, 15) is 17.6 Å². The predicted octanol–water partition coefficient (Wildman–Crippen LogP) is 3.37. The van der Waals surface area contributed by atoms with Crippen molar-refractivity contribution in [3.05, 3.63) is 60.2 Å². The molecule has 2 N–H and O–H groups in total. The number of benzene rings is 2. The highest BCUT2D eigenvalue weighted by molar-refractivity contribution is 7.89. The summed E-state index contributed by atoms with van der Waals surface area (Å²) in [6.07, 6.45) is 1.01. The van der Waals surface area contributed by atoms with Gasteiger partial charge < -0.3 is 10.3 Å². The Balaban J connectivity index is 1.57. The Morgan fingerprint density at radius 2 is 1.90 bits per heavy atom. The number of hydrogen-bond donors (Lipinski definition) is 2. The number of nitrogens with zero attached hydrogens (tertiary/aromatic N) is 2. The summed E-state index contributed by atoms with van der Waals surface area (Å²) in [5.74, 6) is -0.203. The molecule has 0 aliphatic carbocycles. The molecule has 164 valence electrons. The maximum Gasteiger partial charge on any atom is 0.243 e. The molecule has 1 saturated heterocycles. The first-order valence-corrected chi connectivity index (χ1v) is 11.7. The standard InChI is InChI=1S/C22H25FN4O3S/c1-14(2)20(21-24-17-6-3-4-7-18(17)25-21)26-22(28)19-8-5-13-27(19)31(29,30)16-11-9-15(23)10-12-16/h3-4,6-7,9-12,14,19-20H,5,8,13H2,1-2H3,(H,24,25)(H,26,28)/t19-,20+/m1/s1. The summed E-state index contributed by atoms with van der Waals surface area (Å²) in [5.41, 5.74) is 1.68. The van der Waals surface area contributed by atoms with Crippen molar-refractivity contribution in [2.45, 2.75) is 43.7 Å². The monoisotopic (exact) mass is 444 g/mol. The number of carbonyl (C=O) groups is 1. The lowest BCUT2D eigenvalue weighted by Gasteiger charge is -2.27. The van der Waals surface area contributed by atoms with Crippen LogP contribution in [0, 0.1) is 11.7 Å². The molecule has 31 heavy (non-hydrogen) atoms. The number of para-hydroxylation sites is 2. The van der Waals surface area contributed by atoms with E-state index in [1.165, 1.54) is 16.4 Å². The normalized spacial score (nSPS) is 18.5. The van der Waals surface area contributed by atoms with Crippen molar-refractivity contribution in [3.63, 3.8) is 0 Å². The van der Waals surface area contributed by atoms with Crippen LogP contribution >= 0.6 is 0 Å². The minimum Gasteiger partial charge on any atom is -0.344 e. The Kier molecular flexibility index (Phi) is 5.81. The van der Waals surface area contributed by atoms with Crippen molar-refractivity contribution in [2.75, 3.05) is 6.54 Å². The number of H-pyrrole nitrogens is 1. The highest BCUT2D eigenvalue weighted by Gasteiger charge is 2.40. The zero-order valence-corrected chi connectivity index (χ0v) is 18.2. The minimum atomic E-state index is -3.91. The van der Waals surface area contributed by atoms with Gasteiger partial charge in [0, 0.05) is 6.54 Å². The fourth-order valence-electron chi connectivity index (χ4n) is 3.95. The zero-order valence-electron chi connectivity index (χ0n) is 17.4. The molecular formula is C22H25FN4O3S. The van der Waals surface area contributed by atoms with Crippen LogP contribution < -0.4 is 5.32 Å². The Bertz CT molecular complexity index is 1160. The molecule has 1 fully saturated rings. The van der Waals surface area contributed by atoms with Crippen molar-refractivity contribution in [1.29, 1.82) is 0 Å². The number of rotatable bonds is 6. The first-order valence-electron chi connectivity index (χ1n) is 10.3. The Morgan fingerprint density at radius 1 is 1.19 bits per heavy atom. The molecule has 1 amide bonds. The number of aromatic nitrogens is 2. The van der Waals surface area contributed by atoms with Crippen molar-refractivity contribution in [3.8, 4) is 0 Å². The molecule has 4 rings (SSSR count). The SMILES string of the molecule is CC(C)[C@H](NC(=O)[C@H]1CCCN1S(=O)(=O)c1ccc(F)cc1)c1nc2ccccc2[nH]1. The summed E-state index contributed by atoms with van der Waals surface area (Å²) < 4.78 is 40.6. The zero-order chi connectivity index (χ0) is 22.2. The van der Waals surface area contributed by atoms with E-state index >= 15 is 0 Å². The topological polar surface area (TPSA) is 95.2 Å². The summed E-state index contributed by atoms with van der Waals surface area (Å²) in [6, 6.07) is 11.1. The van der Waals surface area contributed by atoms with Gasteiger partial charge in [-0.05, 0) is 55.2 Å². The number of amides is 1. The molecule has 3 aromatic rings. The van der Waals surface area contributed by atoms with Gasteiger partial charge in [0.15, 0.2) is 0 Å². The number of halogens is 1. The number of imidazole rings is 1. The Hall–Kier alpha value is -2.78. The molecule has 9 heteroatoms. The largest absolute Gasteiger partial charge is 0.344 e. The molecule has 0 spiro atoms. The molecule has 0 saturated carbocycles. The molecule has 7 nitrogen and oxygen atoms in total. The van der Waals surface area contributed by atoms with Gasteiger partial charge >= 0.3 is 0 Å². The number of carbonyl (C=O) groups excluding carboxylic acids is 1. The summed E-state index contributed by atoms with van der Waals surface area (Å²) in [6.45, 7) is 4.19. The van der Waals surface area contributed by atoms with Crippen LogP contribution in [0.25, 0.3) is 11.0 Å². The van der Waals surface area contributed by atoms with Gasteiger partial charge in [0.1, 0.15) is 17.7 Å². The van der Waals surface area contributed by atoms with Gasteiger partial charge in [-0.25, -0.2) is 17.8 Å². The second kappa shape index (κ2) is 8.39. The first-order chi connectivity index (χ1) is 14.8. The van der Waals surface area contributed by atoms with Crippen molar-refractivity contribution >= 4 is 27.0 Å². The number of nitrogens with one attached hydrogen (secondary N) is 2. The maximum atomic E-state index is 13.2. The summed E-state index contributed by atoms with van der Waals surface area (Å²) >= 11 is 0. The van der Waals surface area contributed by atoms with E-state index in [2.05, 4.69) is 15.3 Å². The van der Waals surface area contributed by atoms with E-state index in [0.717, 1.165) is 23.2 Å². The molecule has 0 unspecified atom stereocenters. The average Bonchev–Trinajstić information content (AvgIpc) is 3.39. The third-order valence-corrected chi connectivity index (χ3v) is 7.52. The van der Waals surface area contributed by atoms with Crippen LogP contribution in [0.15, 0.2) is 53.4 Å². The molecule has 1 aromatic heterocycles. The second-order valence-corrected chi connectivity index (χ2v) is 9.99. The van der Waals surface area contributed by atoms with E-state index in [1.807, 2.05) is 38.1 Å². The summed E-state index contributed by atoms with van der Waals surface area (Å²) in [4.78, 5) is 21.0. The van der Waals surface area contributed by atoms with Crippen molar-refractivity contribution in [1.82, 2.24) is 19.6 Å². The lowest BCUT2D eigenvalue weighted by Crippen LogP contribution is -2.47. The molecule has 1 aliphatic rings. The first kappa shape index (κ1) is 21.5. The van der Waals surface area contributed by atoms with Crippen LogP contribution in [0.1, 0.15) is 38.6 Å². The van der Waals surface area contributed by atoms with E-state index in [4.69, 9.17) is 0 Å². The van der Waals surface area contributed by atoms with Crippen LogP contribution in [0.2, 0.25) is 0 Å². The van der Waals surface area contributed by atoms with Gasteiger partial charge in [-0.2, -0.15) is 4.31 Å². The van der Waals surface area contributed by atoms with Gasteiger partial charge in [-0.1, -0.05) is 26.0 Å². The Labute approximate surface area is 180 Å². The summed E-state index contributed by atoms with van der Waals surface area (Å²) in [5, 5.41) is 3.00. The van der Waals surface area contributed by atoms with E-state index < -0.39 is 27.9 Å².